The summed E-state index contributed by atoms with van der Waals surface area (Å²) >= 11 is 0. The SMILES string of the molecule is CC#CCNC(C)c1ccc(OCCC)cc1. The summed E-state index contributed by atoms with van der Waals surface area (Å²) in [5, 5.41) is 3.35. The van der Waals surface area contributed by atoms with Crippen LogP contribution in [0.15, 0.2) is 24.3 Å². The molecule has 0 saturated carbocycles. The summed E-state index contributed by atoms with van der Waals surface area (Å²) in [4.78, 5) is 0. The molecule has 0 heterocycles. The molecule has 1 N–H and O–H groups in total. The Kier molecular flexibility index (Phi) is 6.21. The third kappa shape index (κ3) is 4.93. The van der Waals surface area contributed by atoms with Crippen LogP contribution in [0.3, 0.4) is 0 Å². The van der Waals surface area contributed by atoms with Gasteiger partial charge in [0.05, 0.1) is 13.2 Å². The van der Waals surface area contributed by atoms with E-state index in [1.807, 2.05) is 19.1 Å². The molecule has 2 heteroatoms. The second-order valence-corrected chi connectivity index (χ2v) is 3.95. The quantitative estimate of drug-likeness (QED) is 0.759. The Hall–Kier alpha value is -1.46. The average Bonchev–Trinajstić information content (AvgIpc) is 2.37. The number of hydrogen-bond donors (Lipinski definition) is 1. The van der Waals surface area contributed by atoms with Gasteiger partial charge in [-0.1, -0.05) is 25.0 Å². The van der Waals surface area contributed by atoms with Gasteiger partial charge in [-0.3, -0.25) is 5.32 Å². The second-order valence-electron chi connectivity index (χ2n) is 3.95. The van der Waals surface area contributed by atoms with Gasteiger partial charge >= 0.3 is 0 Å². The zero-order valence-electron chi connectivity index (χ0n) is 10.9. The fourth-order valence-corrected chi connectivity index (χ4v) is 1.48. The van der Waals surface area contributed by atoms with E-state index in [2.05, 4.69) is 43.1 Å². The van der Waals surface area contributed by atoms with Crippen molar-refractivity contribution < 1.29 is 4.74 Å². The minimum Gasteiger partial charge on any atom is -0.494 e. The predicted octanol–water partition coefficient (Wildman–Crippen LogP) is 3.15. The van der Waals surface area contributed by atoms with Crippen LogP contribution in [-0.2, 0) is 0 Å². The number of benzene rings is 1. The van der Waals surface area contributed by atoms with E-state index in [-0.39, 0.29) is 0 Å². The Bertz CT molecular complexity index is 372. The van der Waals surface area contributed by atoms with Gasteiger partial charge in [0.25, 0.3) is 0 Å². The third-order valence-electron chi connectivity index (χ3n) is 2.53. The molecule has 1 rings (SSSR count). The van der Waals surface area contributed by atoms with Gasteiger partial charge in [-0.15, -0.1) is 5.92 Å². The van der Waals surface area contributed by atoms with Crippen molar-refractivity contribution in [3.05, 3.63) is 29.8 Å². The highest BCUT2D eigenvalue weighted by molar-refractivity contribution is 5.29. The maximum Gasteiger partial charge on any atom is 0.119 e. The lowest BCUT2D eigenvalue weighted by atomic mass is 10.1. The molecule has 17 heavy (non-hydrogen) atoms. The largest absolute Gasteiger partial charge is 0.494 e. The van der Waals surface area contributed by atoms with E-state index in [0.29, 0.717) is 6.04 Å². The second kappa shape index (κ2) is 7.76. The van der Waals surface area contributed by atoms with E-state index in [4.69, 9.17) is 4.74 Å². The molecule has 0 spiro atoms. The standard InChI is InChI=1S/C15H21NO/c1-4-6-11-16-13(3)14-7-9-15(10-8-14)17-12-5-2/h7-10,13,16H,5,11-12H2,1-3H3. The summed E-state index contributed by atoms with van der Waals surface area (Å²) in [5.74, 6) is 6.82. The van der Waals surface area contributed by atoms with Crippen LogP contribution in [0.2, 0.25) is 0 Å². The predicted molar refractivity (Wildman–Crippen MR) is 72.1 cm³/mol. The van der Waals surface area contributed by atoms with E-state index in [1.165, 1.54) is 5.56 Å². The molecular weight excluding hydrogens is 210 g/mol. The molecule has 2 nitrogen and oxygen atoms in total. The molecule has 1 aromatic rings. The van der Waals surface area contributed by atoms with Crippen molar-refractivity contribution in [2.24, 2.45) is 0 Å². The summed E-state index contributed by atoms with van der Waals surface area (Å²) < 4.78 is 5.55. The van der Waals surface area contributed by atoms with Gasteiger partial charge in [0.1, 0.15) is 5.75 Å². The van der Waals surface area contributed by atoms with Gasteiger partial charge in [-0.25, -0.2) is 0 Å². The van der Waals surface area contributed by atoms with Gasteiger partial charge in [0, 0.05) is 6.04 Å². The fourth-order valence-electron chi connectivity index (χ4n) is 1.48. The van der Waals surface area contributed by atoms with E-state index in [0.717, 1.165) is 25.3 Å². The number of nitrogens with one attached hydrogen (secondary N) is 1. The average molecular weight is 231 g/mol. The first-order chi connectivity index (χ1) is 8.27. The Balaban J connectivity index is 2.50. The van der Waals surface area contributed by atoms with Crippen molar-refractivity contribution in [1.82, 2.24) is 5.32 Å². The highest BCUT2D eigenvalue weighted by Gasteiger charge is 2.03. The lowest BCUT2D eigenvalue weighted by Gasteiger charge is -2.13. The van der Waals surface area contributed by atoms with Crippen molar-refractivity contribution in [2.75, 3.05) is 13.2 Å². The molecule has 1 atom stereocenters. The molecule has 0 radical (unpaired) electrons. The number of hydrogen-bond acceptors (Lipinski definition) is 2. The van der Waals surface area contributed by atoms with Crippen molar-refractivity contribution >= 4 is 0 Å². The van der Waals surface area contributed by atoms with Crippen molar-refractivity contribution in [1.29, 1.82) is 0 Å². The van der Waals surface area contributed by atoms with Crippen molar-refractivity contribution in [2.45, 2.75) is 33.2 Å². The zero-order valence-corrected chi connectivity index (χ0v) is 10.9. The molecule has 0 aliphatic rings. The van der Waals surface area contributed by atoms with E-state index in [9.17, 15) is 0 Å². The lowest BCUT2D eigenvalue weighted by Crippen LogP contribution is -2.18. The summed E-state index contributed by atoms with van der Waals surface area (Å²) in [7, 11) is 0. The first-order valence-corrected chi connectivity index (χ1v) is 6.13. The third-order valence-corrected chi connectivity index (χ3v) is 2.53. The minimum atomic E-state index is 0.316. The van der Waals surface area contributed by atoms with Crippen molar-refractivity contribution in [3.8, 4) is 17.6 Å². The summed E-state index contributed by atoms with van der Waals surface area (Å²) in [6, 6.07) is 8.56. The number of rotatable bonds is 6. The molecule has 1 aromatic carbocycles. The van der Waals surface area contributed by atoms with Gasteiger partial charge in [0.2, 0.25) is 0 Å². The van der Waals surface area contributed by atoms with Crippen LogP contribution >= 0.6 is 0 Å². The normalized spacial score (nSPS) is 11.5. The molecule has 0 aromatic heterocycles. The van der Waals surface area contributed by atoms with Crippen LogP contribution in [0.25, 0.3) is 0 Å². The van der Waals surface area contributed by atoms with Gasteiger partial charge in [-0.05, 0) is 38.0 Å². The molecule has 0 bridgehead atoms. The Morgan fingerprint density at radius 3 is 2.59 bits per heavy atom. The Morgan fingerprint density at radius 2 is 2.00 bits per heavy atom. The summed E-state index contributed by atoms with van der Waals surface area (Å²) in [5.41, 5.74) is 1.26. The topological polar surface area (TPSA) is 21.3 Å². The molecule has 0 aliphatic heterocycles. The fraction of sp³-hybridized carbons (Fsp3) is 0.467. The summed E-state index contributed by atoms with van der Waals surface area (Å²) in [6.07, 6.45) is 1.04. The van der Waals surface area contributed by atoms with Gasteiger partial charge < -0.3 is 4.74 Å². The van der Waals surface area contributed by atoms with E-state index >= 15 is 0 Å². The minimum absolute atomic E-state index is 0.316. The van der Waals surface area contributed by atoms with Gasteiger partial charge in [0.15, 0.2) is 0 Å². The van der Waals surface area contributed by atoms with Crippen LogP contribution in [0.5, 0.6) is 5.75 Å². The van der Waals surface area contributed by atoms with Crippen LogP contribution in [-0.4, -0.2) is 13.2 Å². The number of ether oxygens (including phenoxy) is 1. The van der Waals surface area contributed by atoms with Crippen LogP contribution in [0, 0.1) is 11.8 Å². The van der Waals surface area contributed by atoms with Crippen LogP contribution in [0.1, 0.15) is 38.8 Å². The molecule has 0 amide bonds. The maximum atomic E-state index is 5.55. The highest BCUT2D eigenvalue weighted by atomic mass is 16.5. The molecule has 1 unspecified atom stereocenters. The first-order valence-electron chi connectivity index (χ1n) is 6.13. The molecule has 0 fully saturated rings. The smallest absolute Gasteiger partial charge is 0.119 e. The van der Waals surface area contributed by atoms with Crippen LogP contribution in [0.4, 0.5) is 0 Å². The molecule has 0 saturated heterocycles. The lowest BCUT2D eigenvalue weighted by molar-refractivity contribution is 0.317. The van der Waals surface area contributed by atoms with Crippen molar-refractivity contribution in [3.63, 3.8) is 0 Å². The maximum absolute atomic E-state index is 5.55. The highest BCUT2D eigenvalue weighted by Crippen LogP contribution is 2.17. The van der Waals surface area contributed by atoms with E-state index < -0.39 is 0 Å². The first kappa shape index (κ1) is 13.6. The molecule has 92 valence electrons. The monoisotopic (exact) mass is 231 g/mol. The molecular formula is C15H21NO. The Morgan fingerprint density at radius 1 is 1.29 bits per heavy atom. The Labute approximate surface area is 104 Å². The van der Waals surface area contributed by atoms with E-state index in [1.54, 1.807) is 0 Å². The van der Waals surface area contributed by atoms with Crippen LogP contribution < -0.4 is 10.1 Å². The summed E-state index contributed by atoms with van der Waals surface area (Å²) in [6.45, 7) is 7.60. The zero-order chi connectivity index (χ0) is 12.5. The molecule has 0 aliphatic carbocycles. The van der Waals surface area contributed by atoms with Gasteiger partial charge in [-0.2, -0.15) is 0 Å².